The van der Waals surface area contributed by atoms with Crippen molar-refractivity contribution in [3.05, 3.63) is 65.2 Å². The number of nitrogens with one attached hydrogen (secondary N) is 1. The van der Waals surface area contributed by atoms with E-state index in [2.05, 4.69) is 15.5 Å². The number of nitrogens with zero attached hydrogens (tertiary/aromatic N) is 2. The maximum Gasteiger partial charge on any atom is 0.338 e. The molecule has 0 aromatic heterocycles. The van der Waals surface area contributed by atoms with Crippen LogP contribution in [0.4, 0.5) is 5.69 Å². The molecular formula is C21H25N3O2S. The fourth-order valence-corrected chi connectivity index (χ4v) is 2.63. The summed E-state index contributed by atoms with van der Waals surface area (Å²) in [6, 6.07) is 15.0. The molecule has 0 radical (unpaired) electrons. The lowest BCUT2D eigenvalue weighted by Gasteiger charge is -2.09. The topological polar surface area (TPSA) is 63.1 Å². The van der Waals surface area contributed by atoms with Crippen LogP contribution in [0.3, 0.4) is 0 Å². The third-order valence-corrected chi connectivity index (χ3v) is 4.21. The van der Waals surface area contributed by atoms with Gasteiger partial charge in [-0.2, -0.15) is 5.10 Å². The minimum absolute atomic E-state index is 0.140. The summed E-state index contributed by atoms with van der Waals surface area (Å²) in [6.45, 7) is 8.12. The molecule has 2 aromatic carbocycles. The number of hydrogen-bond donors (Lipinski definition) is 1. The van der Waals surface area contributed by atoms with Crippen LogP contribution in [0.1, 0.15) is 35.3 Å². The van der Waals surface area contributed by atoms with Crippen LogP contribution in [0.5, 0.6) is 0 Å². The normalized spacial score (nSPS) is 11.8. The fourth-order valence-electron chi connectivity index (χ4n) is 2.08. The molecule has 0 aliphatic rings. The molecular weight excluding hydrogens is 358 g/mol. The average molecular weight is 384 g/mol. The third kappa shape index (κ3) is 7.27. The third-order valence-electron chi connectivity index (χ3n) is 3.51. The highest BCUT2D eigenvalue weighted by Gasteiger charge is 2.08. The Bertz CT molecular complexity index is 817. The van der Waals surface area contributed by atoms with Crippen LogP contribution >= 0.6 is 11.8 Å². The van der Waals surface area contributed by atoms with E-state index in [1.54, 1.807) is 30.5 Å². The first-order valence-electron chi connectivity index (χ1n) is 8.76. The molecule has 2 aromatic rings. The Balaban J connectivity index is 2.07. The lowest BCUT2D eigenvalue weighted by molar-refractivity contribution is 0.0580. The number of thioether (sulfide) groups is 1. The second kappa shape index (κ2) is 10.5. The molecule has 0 amide bonds. The van der Waals surface area contributed by atoms with Gasteiger partial charge in [-0.25, -0.2) is 9.79 Å². The number of aliphatic imine (C=N–C) groups is 1. The van der Waals surface area contributed by atoms with Crippen molar-refractivity contribution < 1.29 is 9.53 Å². The summed E-state index contributed by atoms with van der Waals surface area (Å²) < 4.78 is 5.33. The standard InChI is InChI=1S/C21H25N3O2S/c1-15(2)13-22-24-21(23-19-12-16(3)10-11-17(19)4)27-14-26-20(25)18-8-6-5-7-9-18/h5-13,15H,14H2,1-4H3,(H,23,24)/b22-13+. The van der Waals surface area contributed by atoms with Crippen molar-refractivity contribution in [3.8, 4) is 0 Å². The van der Waals surface area contributed by atoms with Gasteiger partial charge in [0, 0.05) is 6.21 Å². The molecule has 0 spiro atoms. The number of aryl methyl sites for hydroxylation is 2. The number of benzene rings is 2. The highest BCUT2D eigenvalue weighted by molar-refractivity contribution is 8.13. The van der Waals surface area contributed by atoms with Gasteiger partial charge in [0.25, 0.3) is 0 Å². The molecule has 0 bridgehead atoms. The lowest BCUT2D eigenvalue weighted by atomic mass is 10.1. The summed E-state index contributed by atoms with van der Waals surface area (Å²) in [5.74, 6) is 0.0990. The van der Waals surface area contributed by atoms with E-state index >= 15 is 0 Å². The summed E-state index contributed by atoms with van der Waals surface area (Å²) in [4.78, 5) is 16.7. The fraction of sp³-hybridized carbons (Fsp3) is 0.286. The van der Waals surface area contributed by atoms with E-state index in [4.69, 9.17) is 4.74 Å². The minimum Gasteiger partial charge on any atom is -0.451 e. The molecule has 1 N–H and O–H groups in total. The van der Waals surface area contributed by atoms with E-state index in [1.165, 1.54) is 11.8 Å². The maximum absolute atomic E-state index is 12.1. The second-order valence-electron chi connectivity index (χ2n) is 6.40. The summed E-state index contributed by atoms with van der Waals surface area (Å²) >= 11 is 1.29. The molecule has 0 saturated heterocycles. The number of amidine groups is 1. The Labute approximate surface area is 164 Å². The van der Waals surface area contributed by atoms with Gasteiger partial charge in [-0.15, -0.1) is 0 Å². The zero-order valence-corrected chi connectivity index (χ0v) is 16.9. The van der Waals surface area contributed by atoms with E-state index in [0.717, 1.165) is 16.8 Å². The maximum atomic E-state index is 12.1. The number of carbonyl (C=O) groups excluding carboxylic acids is 1. The van der Waals surface area contributed by atoms with Crippen molar-refractivity contribution in [2.75, 3.05) is 5.94 Å². The van der Waals surface area contributed by atoms with Gasteiger partial charge in [0.05, 0.1) is 11.3 Å². The van der Waals surface area contributed by atoms with E-state index in [9.17, 15) is 4.79 Å². The Kier molecular flexibility index (Phi) is 8.07. The largest absolute Gasteiger partial charge is 0.451 e. The van der Waals surface area contributed by atoms with Gasteiger partial charge in [-0.1, -0.05) is 44.2 Å². The predicted molar refractivity (Wildman–Crippen MR) is 114 cm³/mol. The molecule has 2 rings (SSSR count). The molecule has 27 heavy (non-hydrogen) atoms. The zero-order valence-electron chi connectivity index (χ0n) is 16.1. The molecule has 0 atom stereocenters. The van der Waals surface area contributed by atoms with Crippen LogP contribution in [-0.2, 0) is 4.74 Å². The van der Waals surface area contributed by atoms with Crippen LogP contribution in [0.2, 0.25) is 0 Å². The average Bonchev–Trinajstić information content (AvgIpc) is 2.64. The van der Waals surface area contributed by atoms with Crippen molar-refractivity contribution in [2.45, 2.75) is 27.7 Å². The first kappa shape index (κ1) is 20.7. The summed E-state index contributed by atoms with van der Waals surface area (Å²) in [5.41, 5.74) is 6.53. The number of hydrazone groups is 1. The van der Waals surface area contributed by atoms with Crippen molar-refractivity contribution in [3.63, 3.8) is 0 Å². The van der Waals surface area contributed by atoms with Crippen molar-refractivity contribution in [1.29, 1.82) is 0 Å². The van der Waals surface area contributed by atoms with Crippen LogP contribution in [0.25, 0.3) is 0 Å². The van der Waals surface area contributed by atoms with Gasteiger partial charge in [0.15, 0.2) is 5.17 Å². The van der Waals surface area contributed by atoms with Crippen LogP contribution < -0.4 is 5.43 Å². The summed E-state index contributed by atoms with van der Waals surface area (Å²) in [7, 11) is 0. The van der Waals surface area contributed by atoms with Crippen LogP contribution in [0.15, 0.2) is 58.6 Å². The number of hydrogen-bond acceptors (Lipinski definition) is 5. The molecule has 0 unspecified atom stereocenters. The number of carbonyl (C=O) groups is 1. The van der Waals surface area contributed by atoms with E-state index in [-0.39, 0.29) is 11.9 Å². The quantitative estimate of drug-likeness (QED) is 0.249. The Hall–Kier alpha value is -2.60. The van der Waals surface area contributed by atoms with E-state index < -0.39 is 0 Å². The van der Waals surface area contributed by atoms with Gasteiger partial charge < -0.3 is 4.74 Å². The highest BCUT2D eigenvalue weighted by atomic mass is 32.2. The molecule has 0 fully saturated rings. The molecule has 5 nitrogen and oxygen atoms in total. The first-order chi connectivity index (χ1) is 13.0. The Morgan fingerprint density at radius 3 is 2.63 bits per heavy atom. The van der Waals surface area contributed by atoms with Crippen molar-refractivity contribution in [2.24, 2.45) is 16.0 Å². The van der Waals surface area contributed by atoms with E-state index in [0.29, 0.717) is 16.6 Å². The molecule has 0 aliphatic carbocycles. The lowest BCUT2D eigenvalue weighted by Crippen LogP contribution is -2.16. The van der Waals surface area contributed by atoms with Gasteiger partial charge in [0.2, 0.25) is 0 Å². The van der Waals surface area contributed by atoms with Gasteiger partial charge >= 0.3 is 5.97 Å². The van der Waals surface area contributed by atoms with E-state index in [1.807, 2.05) is 52.0 Å². The van der Waals surface area contributed by atoms with Crippen molar-refractivity contribution in [1.82, 2.24) is 5.43 Å². The molecule has 0 heterocycles. The first-order valence-corrected chi connectivity index (χ1v) is 9.74. The Morgan fingerprint density at radius 2 is 1.93 bits per heavy atom. The molecule has 142 valence electrons. The zero-order chi connectivity index (χ0) is 19.6. The van der Waals surface area contributed by atoms with Gasteiger partial charge in [0.1, 0.15) is 5.94 Å². The molecule has 0 saturated carbocycles. The highest BCUT2D eigenvalue weighted by Crippen LogP contribution is 2.21. The monoisotopic (exact) mass is 383 g/mol. The minimum atomic E-state index is -0.361. The summed E-state index contributed by atoms with van der Waals surface area (Å²) in [5, 5.41) is 4.78. The van der Waals surface area contributed by atoms with Crippen molar-refractivity contribution >= 4 is 34.8 Å². The molecule has 0 aliphatic heterocycles. The molecule has 6 heteroatoms. The predicted octanol–water partition coefficient (Wildman–Crippen LogP) is 5.07. The van der Waals surface area contributed by atoms with Gasteiger partial charge in [-0.05, 0) is 60.9 Å². The summed E-state index contributed by atoms with van der Waals surface area (Å²) in [6.07, 6.45) is 1.80. The number of ether oxygens (including phenoxy) is 1. The Morgan fingerprint density at radius 1 is 1.19 bits per heavy atom. The second-order valence-corrected chi connectivity index (χ2v) is 7.31. The smallest absolute Gasteiger partial charge is 0.338 e. The van der Waals surface area contributed by atoms with Crippen LogP contribution in [-0.4, -0.2) is 23.3 Å². The number of esters is 1. The van der Waals surface area contributed by atoms with Crippen LogP contribution in [0, 0.1) is 19.8 Å². The SMILES string of the molecule is Cc1ccc(C)c(N=C(N/N=C/C(C)C)SCOC(=O)c2ccccc2)c1. The number of rotatable bonds is 6. The van der Waals surface area contributed by atoms with Gasteiger partial charge in [-0.3, -0.25) is 5.43 Å².